The molecule has 0 amide bonds. The summed E-state index contributed by atoms with van der Waals surface area (Å²) in [5.74, 6) is 6.80. The zero-order valence-corrected chi connectivity index (χ0v) is 59.3. The van der Waals surface area contributed by atoms with Gasteiger partial charge < -0.3 is 9.47 Å². The van der Waals surface area contributed by atoms with Gasteiger partial charge in [-0.2, -0.15) is 0 Å². The molecular weight excluding hydrogens is 1340 g/mol. The minimum Gasteiger partial charge on any atom is -0.457 e. The Bertz CT molecular complexity index is 6690. The van der Waals surface area contributed by atoms with Gasteiger partial charge in [-0.15, -0.1) is 0 Å². The smallest absolute Gasteiger partial charge is 0.165 e. The first kappa shape index (κ1) is 62.7. The van der Waals surface area contributed by atoms with E-state index in [0.29, 0.717) is 34.9 Å². The minimum atomic E-state index is -0.590. The van der Waals surface area contributed by atoms with Crippen LogP contribution in [0.5, 0.6) is 23.0 Å². The number of aromatic nitrogens is 6. The van der Waals surface area contributed by atoms with Crippen LogP contribution in [0.25, 0.3) is 146 Å². The molecule has 2 aliphatic carbocycles. The van der Waals surface area contributed by atoms with Gasteiger partial charge in [0.1, 0.15) is 23.0 Å². The molecule has 0 bridgehead atoms. The molecule has 0 saturated carbocycles. The third-order valence-electron chi connectivity index (χ3n) is 22.8. The van der Waals surface area contributed by atoms with Gasteiger partial charge in [0.2, 0.25) is 0 Å². The van der Waals surface area contributed by atoms with Crippen molar-refractivity contribution < 1.29 is 9.47 Å². The molecular formula is C102H62N6O2. The highest BCUT2D eigenvalue weighted by molar-refractivity contribution is 6.04. The van der Waals surface area contributed by atoms with Gasteiger partial charge in [0.15, 0.2) is 34.9 Å². The Morgan fingerprint density at radius 1 is 0.173 bits per heavy atom. The summed E-state index contributed by atoms with van der Waals surface area (Å²) in [7, 11) is 0. The highest BCUT2D eigenvalue weighted by Gasteiger charge is 2.53. The van der Waals surface area contributed by atoms with E-state index in [1.807, 2.05) is 48.5 Å². The molecule has 512 valence electrons. The van der Waals surface area contributed by atoms with Crippen LogP contribution in [0.1, 0.15) is 44.5 Å². The Morgan fingerprint density at radius 2 is 0.482 bits per heavy atom. The van der Waals surface area contributed by atoms with Gasteiger partial charge in [-0.1, -0.05) is 346 Å². The third-order valence-corrected chi connectivity index (χ3v) is 22.8. The van der Waals surface area contributed by atoms with Crippen molar-refractivity contribution in [2.24, 2.45) is 0 Å². The largest absolute Gasteiger partial charge is 0.457 e. The molecule has 4 heterocycles. The summed E-state index contributed by atoms with van der Waals surface area (Å²) in [5, 5.41) is 2.09. The number of benzene rings is 16. The van der Waals surface area contributed by atoms with Gasteiger partial charge in [-0.05, 0) is 130 Å². The Labute approximate surface area is 635 Å². The van der Waals surface area contributed by atoms with Crippen molar-refractivity contribution in [3.05, 3.63) is 421 Å². The van der Waals surface area contributed by atoms with Crippen molar-refractivity contribution in [3.8, 4) is 158 Å². The molecule has 2 spiro atoms. The number of nitrogens with zero attached hydrogens (tertiary/aromatic N) is 6. The Morgan fingerprint density at radius 3 is 0.955 bits per heavy atom. The summed E-state index contributed by atoms with van der Waals surface area (Å²) in [4.78, 5) is 31.7. The van der Waals surface area contributed by atoms with E-state index in [0.717, 1.165) is 134 Å². The Hall–Kier alpha value is -14.6. The normalized spacial score (nSPS) is 13.2. The second-order valence-electron chi connectivity index (χ2n) is 28.7. The van der Waals surface area contributed by atoms with E-state index in [1.165, 1.54) is 44.5 Å². The molecule has 8 nitrogen and oxygen atoms in total. The first-order valence-corrected chi connectivity index (χ1v) is 37.3. The fourth-order valence-corrected chi connectivity index (χ4v) is 17.8. The lowest BCUT2D eigenvalue weighted by Gasteiger charge is -2.39. The molecule has 0 atom stereocenters. The fourth-order valence-electron chi connectivity index (χ4n) is 17.8. The van der Waals surface area contributed by atoms with Crippen LogP contribution in [-0.2, 0) is 10.8 Å². The van der Waals surface area contributed by atoms with E-state index in [2.05, 4.69) is 328 Å². The Balaban J connectivity index is 0.576. The van der Waals surface area contributed by atoms with E-state index < -0.39 is 10.8 Å². The third kappa shape index (κ3) is 9.79. The van der Waals surface area contributed by atoms with Gasteiger partial charge in [0, 0.05) is 55.6 Å². The van der Waals surface area contributed by atoms with Crippen LogP contribution in [0.15, 0.2) is 376 Å². The quantitative estimate of drug-likeness (QED) is 0.134. The van der Waals surface area contributed by atoms with E-state index in [4.69, 9.17) is 39.4 Å². The van der Waals surface area contributed by atoms with E-state index in [-0.39, 0.29) is 0 Å². The maximum atomic E-state index is 7.07. The van der Waals surface area contributed by atoms with Crippen molar-refractivity contribution in [2.75, 3.05) is 0 Å². The van der Waals surface area contributed by atoms with Crippen molar-refractivity contribution in [3.63, 3.8) is 0 Å². The number of hydrogen-bond acceptors (Lipinski definition) is 8. The summed E-state index contributed by atoms with van der Waals surface area (Å²) >= 11 is 0. The molecule has 0 N–H and O–H groups in total. The van der Waals surface area contributed by atoms with E-state index >= 15 is 0 Å². The molecule has 4 aliphatic rings. The fraction of sp³-hybridized carbons (Fsp3) is 0.0196. The lowest BCUT2D eigenvalue weighted by Crippen LogP contribution is -2.32. The van der Waals surface area contributed by atoms with Crippen LogP contribution in [0.2, 0.25) is 0 Å². The van der Waals surface area contributed by atoms with Crippen LogP contribution < -0.4 is 9.47 Å². The molecule has 2 aliphatic heterocycles. The number of rotatable bonds is 10. The highest BCUT2D eigenvalue weighted by atomic mass is 16.5. The van der Waals surface area contributed by atoms with E-state index in [9.17, 15) is 0 Å². The second kappa shape index (κ2) is 25.0. The monoisotopic (exact) mass is 1400 g/mol. The van der Waals surface area contributed by atoms with Crippen molar-refractivity contribution in [1.29, 1.82) is 0 Å². The van der Waals surface area contributed by atoms with Crippen molar-refractivity contribution in [1.82, 2.24) is 29.9 Å². The number of fused-ring (bicyclic) bond motifs is 19. The predicted octanol–water partition coefficient (Wildman–Crippen LogP) is 24.8. The second-order valence-corrected chi connectivity index (χ2v) is 28.7. The van der Waals surface area contributed by atoms with Crippen LogP contribution in [0.3, 0.4) is 0 Å². The zero-order chi connectivity index (χ0) is 72.4. The number of ether oxygens (including phenoxy) is 2. The SMILES string of the molecule is c1ccc(-c2nc(-c3ccc(-c4ccc(-c5ccc6c(c5)Oc5ccccc5C65c6ccccc6-c6ccccc65)cc4)cc3)nc(-c3ccc(-c4cccc(-c5nc(-c6ccccc6)nc(-c6c(-c7ccc8c(c7)Oc7ccccc7C87c8ccccc8-c8ccccc87)ccc7ccccc67)n5)c4)cc3)n2)cc1. The Kier molecular flexibility index (Phi) is 14.3. The number of hydrogen-bond donors (Lipinski definition) is 0. The van der Waals surface area contributed by atoms with Crippen LogP contribution in [-0.4, -0.2) is 29.9 Å². The zero-order valence-electron chi connectivity index (χ0n) is 59.3. The van der Waals surface area contributed by atoms with Gasteiger partial charge in [-0.25, -0.2) is 29.9 Å². The van der Waals surface area contributed by atoms with Crippen molar-refractivity contribution >= 4 is 10.8 Å². The molecule has 16 aromatic carbocycles. The summed E-state index contributed by atoms with van der Waals surface area (Å²) in [5.41, 5.74) is 27.1. The van der Waals surface area contributed by atoms with Gasteiger partial charge in [0.25, 0.3) is 0 Å². The average molecular weight is 1400 g/mol. The summed E-state index contributed by atoms with van der Waals surface area (Å²) < 4.78 is 13.9. The molecule has 8 heteroatoms. The van der Waals surface area contributed by atoms with E-state index in [1.54, 1.807) is 0 Å². The summed E-state index contributed by atoms with van der Waals surface area (Å²) in [6.07, 6.45) is 0. The summed E-state index contributed by atoms with van der Waals surface area (Å²) in [6, 6.07) is 133. The van der Waals surface area contributed by atoms with Gasteiger partial charge >= 0.3 is 0 Å². The molecule has 0 saturated heterocycles. The standard InChI is InChI=1S/C102H62N6O2/c1-3-23-68(24-4-1)95-103-97(70-50-46-64(47-51-70)63-42-44-66(45-43-63)73-55-58-88-92(61-73)109-90-40-19-17-38-86(90)101(88)82-34-13-9-30-78(82)79-31-10-14-35-83(79)101)105-98(104-95)71-52-48-65(49-53-71)72-27-21-28-75(60-72)99-106-96(69-25-5-2-6-26-69)107-100(108-99)94-76-29-8-7-22-67(76)54-57-77(94)74-56-59-89-93(62-74)110-91-41-20-18-39-87(91)102(89)84-36-15-11-32-80(84)81-33-12-16-37-85(81)102/h1-62H. The molecule has 0 fully saturated rings. The minimum absolute atomic E-state index is 0.503. The molecule has 0 unspecified atom stereocenters. The maximum Gasteiger partial charge on any atom is 0.165 e. The first-order valence-electron chi connectivity index (χ1n) is 37.3. The highest BCUT2D eigenvalue weighted by Crippen LogP contribution is 2.64. The predicted molar refractivity (Wildman–Crippen MR) is 440 cm³/mol. The molecule has 18 aromatic rings. The van der Waals surface area contributed by atoms with Gasteiger partial charge in [-0.3, -0.25) is 0 Å². The van der Waals surface area contributed by atoms with Crippen LogP contribution >= 0.6 is 0 Å². The average Bonchev–Trinajstić information content (AvgIpc) is 1.50. The maximum absolute atomic E-state index is 7.07. The first-order chi connectivity index (χ1) is 54.5. The lowest BCUT2D eigenvalue weighted by atomic mass is 9.66. The van der Waals surface area contributed by atoms with Crippen LogP contribution in [0.4, 0.5) is 0 Å². The van der Waals surface area contributed by atoms with Gasteiger partial charge in [0.05, 0.1) is 10.8 Å². The topological polar surface area (TPSA) is 95.8 Å². The lowest BCUT2D eigenvalue weighted by molar-refractivity contribution is 0.436. The molecule has 2 aromatic heterocycles. The molecule has 0 radical (unpaired) electrons. The number of para-hydroxylation sites is 2. The van der Waals surface area contributed by atoms with Crippen molar-refractivity contribution in [2.45, 2.75) is 10.8 Å². The summed E-state index contributed by atoms with van der Waals surface area (Å²) in [6.45, 7) is 0. The molecule has 110 heavy (non-hydrogen) atoms. The molecule has 22 rings (SSSR count). The van der Waals surface area contributed by atoms with Crippen LogP contribution in [0, 0.1) is 0 Å².